The highest BCUT2D eigenvalue weighted by Gasteiger charge is 2.34. The van der Waals surface area contributed by atoms with E-state index in [4.69, 9.17) is 0 Å². The predicted molar refractivity (Wildman–Crippen MR) is 133 cm³/mol. The standard InChI is InChI=1S/C16H24.C8H16.2C2H6/c1-7-9-15-14(8-2)13(4)10-12(3)11-16(15,5)6;1-7-3-5-8(2)6-4-7;2*1-2/h7-9,12,14H,1-2,4,10-11H2,3,5-6H3;7-8H,3-6H2,1-2H3;2*1-2H3/b15-9-;;;. The molecular formula is C28H52. The second kappa shape index (κ2) is 15.8. The molecular weight excluding hydrogens is 336 g/mol. The lowest BCUT2D eigenvalue weighted by Crippen LogP contribution is -2.19. The van der Waals surface area contributed by atoms with E-state index in [0.717, 1.165) is 18.3 Å². The summed E-state index contributed by atoms with van der Waals surface area (Å²) in [7, 11) is 0. The number of rotatable bonds is 2. The normalized spacial score (nSPS) is 30.2. The van der Waals surface area contributed by atoms with Crippen molar-refractivity contribution in [2.45, 2.75) is 101 Å². The van der Waals surface area contributed by atoms with E-state index in [1.165, 1.54) is 43.3 Å². The SMILES string of the molecule is C=C/C=C1/C(C=C)C(=C)CC(C)CC1(C)C.CC.CC.CC1CCC(C)CC1. The highest BCUT2D eigenvalue weighted by Crippen LogP contribution is 2.46. The monoisotopic (exact) mass is 388 g/mol. The van der Waals surface area contributed by atoms with E-state index in [9.17, 15) is 0 Å². The fourth-order valence-electron chi connectivity index (χ4n) is 4.45. The van der Waals surface area contributed by atoms with E-state index < -0.39 is 0 Å². The van der Waals surface area contributed by atoms with Crippen LogP contribution in [0.25, 0.3) is 0 Å². The van der Waals surface area contributed by atoms with Gasteiger partial charge in [0.05, 0.1) is 0 Å². The zero-order valence-electron chi connectivity index (χ0n) is 20.9. The van der Waals surface area contributed by atoms with Gasteiger partial charge in [-0.15, -0.1) is 6.58 Å². The maximum atomic E-state index is 4.23. The van der Waals surface area contributed by atoms with Gasteiger partial charge in [-0.2, -0.15) is 0 Å². The van der Waals surface area contributed by atoms with Crippen molar-refractivity contribution < 1.29 is 0 Å². The predicted octanol–water partition coefficient (Wildman–Crippen LogP) is 9.80. The number of allylic oxidation sites excluding steroid dienone is 5. The molecule has 2 aliphatic rings. The average Bonchev–Trinajstić information content (AvgIpc) is 2.74. The molecule has 28 heavy (non-hydrogen) atoms. The van der Waals surface area contributed by atoms with E-state index in [2.05, 4.69) is 60.4 Å². The van der Waals surface area contributed by atoms with Crippen molar-refractivity contribution in [1.82, 2.24) is 0 Å². The topological polar surface area (TPSA) is 0 Å². The lowest BCUT2D eigenvalue weighted by atomic mass is 9.74. The molecule has 0 aromatic carbocycles. The van der Waals surface area contributed by atoms with Crippen LogP contribution in [0.2, 0.25) is 0 Å². The van der Waals surface area contributed by atoms with E-state index >= 15 is 0 Å². The Morgan fingerprint density at radius 3 is 1.61 bits per heavy atom. The van der Waals surface area contributed by atoms with Crippen molar-refractivity contribution in [3.05, 3.63) is 49.1 Å². The molecule has 2 rings (SSSR count). The minimum Gasteiger partial charge on any atom is -0.102 e. The molecule has 0 radical (unpaired) electrons. The zero-order chi connectivity index (χ0) is 22.3. The fraction of sp³-hybridized carbons (Fsp3) is 0.714. The van der Waals surface area contributed by atoms with Gasteiger partial charge in [-0.3, -0.25) is 0 Å². The van der Waals surface area contributed by atoms with Crippen molar-refractivity contribution in [3.63, 3.8) is 0 Å². The Hall–Kier alpha value is -1.04. The van der Waals surface area contributed by atoms with Crippen LogP contribution in [0.4, 0.5) is 0 Å². The van der Waals surface area contributed by atoms with Crippen LogP contribution in [0.5, 0.6) is 0 Å². The summed E-state index contributed by atoms with van der Waals surface area (Å²) in [5, 5.41) is 0. The third kappa shape index (κ3) is 10.5. The second-order valence-corrected chi connectivity index (χ2v) is 8.99. The maximum absolute atomic E-state index is 4.23. The highest BCUT2D eigenvalue weighted by molar-refractivity contribution is 5.33. The maximum Gasteiger partial charge on any atom is 0.0190 e. The Balaban J connectivity index is 0. The summed E-state index contributed by atoms with van der Waals surface area (Å²) in [4.78, 5) is 0. The molecule has 2 aliphatic carbocycles. The van der Waals surface area contributed by atoms with E-state index in [1.807, 2.05) is 39.8 Å². The Labute approximate surface area is 179 Å². The highest BCUT2D eigenvalue weighted by atomic mass is 14.4. The van der Waals surface area contributed by atoms with Crippen LogP contribution in [0.3, 0.4) is 0 Å². The second-order valence-electron chi connectivity index (χ2n) is 8.99. The van der Waals surface area contributed by atoms with Gasteiger partial charge in [0.2, 0.25) is 0 Å². The van der Waals surface area contributed by atoms with Crippen LogP contribution in [0, 0.1) is 29.1 Å². The molecule has 0 nitrogen and oxygen atoms in total. The molecule has 2 atom stereocenters. The molecule has 0 bridgehead atoms. The van der Waals surface area contributed by atoms with Crippen LogP contribution < -0.4 is 0 Å². The van der Waals surface area contributed by atoms with Gasteiger partial charge >= 0.3 is 0 Å². The first-order valence-electron chi connectivity index (χ1n) is 11.8. The molecule has 2 unspecified atom stereocenters. The van der Waals surface area contributed by atoms with Gasteiger partial charge in [0.25, 0.3) is 0 Å². The lowest BCUT2D eigenvalue weighted by molar-refractivity contribution is 0.308. The number of hydrogen-bond acceptors (Lipinski definition) is 0. The Kier molecular flexibility index (Phi) is 16.5. The molecule has 0 amide bonds. The molecule has 0 N–H and O–H groups in total. The quantitative estimate of drug-likeness (QED) is 0.326. The third-order valence-corrected chi connectivity index (χ3v) is 5.86. The minimum absolute atomic E-state index is 0.214. The van der Waals surface area contributed by atoms with Gasteiger partial charge in [-0.05, 0) is 36.0 Å². The van der Waals surface area contributed by atoms with Crippen LogP contribution in [-0.4, -0.2) is 0 Å². The summed E-state index contributed by atoms with van der Waals surface area (Å²) in [6.45, 7) is 31.7. The summed E-state index contributed by atoms with van der Waals surface area (Å²) < 4.78 is 0. The van der Waals surface area contributed by atoms with Crippen LogP contribution in [0.1, 0.15) is 101 Å². The van der Waals surface area contributed by atoms with Crippen LogP contribution >= 0.6 is 0 Å². The molecule has 0 saturated heterocycles. The first-order valence-corrected chi connectivity index (χ1v) is 11.8. The summed E-state index contributed by atoms with van der Waals surface area (Å²) in [6.07, 6.45) is 14.3. The van der Waals surface area contributed by atoms with Gasteiger partial charge in [0, 0.05) is 5.92 Å². The van der Waals surface area contributed by atoms with Crippen LogP contribution in [0.15, 0.2) is 49.1 Å². The minimum atomic E-state index is 0.214. The largest absolute Gasteiger partial charge is 0.102 e. The fourth-order valence-corrected chi connectivity index (χ4v) is 4.45. The summed E-state index contributed by atoms with van der Waals surface area (Å²) >= 11 is 0. The van der Waals surface area contributed by atoms with Crippen molar-refractivity contribution in [3.8, 4) is 0 Å². The van der Waals surface area contributed by atoms with Gasteiger partial charge in [-0.1, -0.05) is 131 Å². The first-order chi connectivity index (χ1) is 13.2. The molecule has 2 saturated carbocycles. The Morgan fingerprint density at radius 1 is 0.821 bits per heavy atom. The average molecular weight is 389 g/mol. The van der Waals surface area contributed by atoms with Gasteiger partial charge in [0.15, 0.2) is 0 Å². The summed E-state index contributed by atoms with van der Waals surface area (Å²) in [6, 6.07) is 0. The van der Waals surface area contributed by atoms with Gasteiger partial charge in [0.1, 0.15) is 0 Å². The van der Waals surface area contributed by atoms with E-state index in [0.29, 0.717) is 11.8 Å². The summed E-state index contributed by atoms with van der Waals surface area (Å²) in [5.74, 6) is 3.05. The van der Waals surface area contributed by atoms with E-state index in [-0.39, 0.29) is 5.41 Å². The molecule has 164 valence electrons. The molecule has 0 heteroatoms. The van der Waals surface area contributed by atoms with Gasteiger partial charge < -0.3 is 0 Å². The number of hydrogen-bond donors (Lipinski definition) is 0. The van der Waals surface area contributed by atoms with Crippen molar-refractivity contribution in [2.24, 2.45) is 29.1 Å². The molecule has 0 aromatic rings. The van der Waals surface area contributed by atoms with E-state index in [1.54, 1.807) is 0 Å². The molecule has 0 aliphatic heterocycles. The summed E-state index contributed by atoms with van der Waals surface area (Å²) in [5.41, 5.74) is 2.92. The van der Waals surface area contributed by atoms with Crippen molar-refractivity contribution >= 4 is 0 Å². The van der Waals surface area contributed by atoms with Crippen molar-refractivity contribution in [2.75, 3.05) is 0 Å². The Morgan fingerprint density at radius 2 is 1.25 bits per heavy atom. The van der Waals surface area contributed by atoms with Crippen molar-refractivity contribution in [1.29, 1.82) is 0 Å². The zero-order valence-corrected chi connectivity index (χ0v) is 20.9. The van der Waals surface area contributed by atoms with Gasteiger partial charge in [-0.25, -0.2) is 0 Å². The smallest absolute Gasteiger partial charge is 0.0190 e. The first kappa shape index (κ1) is 29.2. The lowest BCUT2D eigenvalue weighted by Gasteiger charge is -2.31. The Bertz CT molecular complexity index is 444. The molecule has 0 spiro atoms. The molecule has 2 fully saturated rings. The third-order valence-electron chi connectivity index (χ3n) is 5.86. The van der Waals surface area contributed by atoms with Crippen LogP contribution in [-0.2, 0) is 0 Å². The molecule has 0 aromatic heterocycles. The molecule has 0 heterocycles.